The first-order valence-electron chi connectivity index (χ1n) is 8.25. The largest absolute Gasteiger partial charge is 0.353 e. The van der Waals surface area contributed by atoms with Crippen molar-refractivity contribution in [2.24, 2.45) is 0 Å². The minimum atomic E-state index is 0.744. The third-order valence-corrected chi connectivity index (χ3v) is 3.77. The minimum absolute atomic E-state index is 0.744. The van der Waals surface area contributed by atoms with Crippen LogP contribution in [0.25, 0.3) is 0 Å². The van der Waals surface area contributed by atoms with Crippen molar-refractivity contribution in [3.05, 3.63) is 35.5 Å². The van der Waals surface area contributed by atoms with Crippen LogP contribution in [-0.2, 0) is 13.0 Å². The van der Waals surface area contributed by atoms with E-state index >= 15 is 0 Å². The van der Waals surface area contributed by atoms with E-state index in [4.69, 9.17) is 4.98 Å². The van der Waals surface area contributed by atoms with Gasteiger partial charge in [0.2, 0.25) is 0 Å². The summed E-state index contributed by atoms with van der Waals surface area (Å²) in [5, 5.41) is 3.60. The number of likely N-dealkylation sites (N-methyl/N-ethyl adjacent to an activating group) is 1. The summed E-state index contributed by atoms with van der Waals surface area (Å²) in [5.74, 6) is 1.10. The number of nitrogens with one attached hydrogen (secondary N) is 1. The van der Waals surface area contributed by atoms with Crippen LogP contribution in [0.3, 0.4) is 0 Å². The molecule has 0 amide bonds. The predicted molar refractivity (Wildman–Crippen MR) is 90.8 cm³/mol. The van der Waals surface area contributed by atoms with Gasteiger partial charge in [-0.15, -0.1) is 0 Å². The Bertz CT molecular complexity index is 477. The molecule has 1 aliphatic rings. The summed E-state index contributed by atoms with van der Waals surface area (Å²) in [5.41, 5.74) is 3.75. The second kappa shape index (κ2) is 7.60. The number of pyridine rings is 1. The topological polar surface area (TPSA) is 28.2 Å². The number of aromatic nitrogens is 1. The molecule has 1 fully saturated rings. The third kappa shape index (κ3) is 5.16. The summed E-state index contributed by atoms with van der Waals surface area (Å²) in [6, 6.07) is 5.24. The average molecular weight is 287 g/mol. The molecule has 1 N–H and O–H groups in total. The first-order valence-corrected chi connectivity index (χ1v) is 8.25. The lowest BCUT2D eigenvalue weighted by molar-refractivity contribution is 0.684. The lowest BCUT2D eigenvalue weighted by Gasteiger charge is -2.23. The van der Waals surface area contributed by atoms with E-state index < -0.39 is 0 Å². The molecular formula is C18H29N3. The summed E-state index contributed by atoms with van der Waals surface area (Å²) in [6.07, 6.45) is 4.85. The van der Waals surface area contributed by atoms with Gasteiger partial charge in [-0.05, 0) is 50.8 Å². The van der Waals surface area contributed by atoms with Crippen molar-refractivity contribution >= 4 is 5.82 Å². The van der Waals surface area contributed by atoms with E-state index in [1.807, 2.05) is 0 Å². The molecule has 0 bridgehead atoms. The van der Waals surface area contributed by atoms with E-state index in [1.165, 1.54) is 29.7 Å². The number of hydrogen-bond acceptors (Lipinski definition) is 3. The van der Waals surface area contributed by atoms with Crippen LogP contribution >= 0.6 is 0 Å². The van der Waals surface area contributed by atoms with Crippen molar-refractivity contribution in [2.45, 2.75) is 59.0 Å². The molecule has 0 radical (unpaired) electrons. The molecule has 21 heavy (non-hydrogen) atoms. The SMILES string of the molecule is C=C(C)CN(CC)c1cc(CNC2CC2)cc(CCC)n1. The molecule has 0 atom stereocenters. The zero-order valence-electron chi connectivity index (χ0n) is 13.8. The molecule has 3 heteroatoms. The Kier molecular flexibility index (Phi) is 5.80. The van der Waals surface area contributed by atoms with Crippen LogP contribution in [0, 0.1) is 0 Å². The monoisotopic (exact) mass is 287 g/mol. The van der Waals surface area contributed by atoms with Gasteiger partial charge in [-0.3, -0.25) is 0 Å². The quantitative estimate of drug-likeness (QED) is 0.702. The van der Waals surface area contributed by atoms with Crippen LogP contribution < -0.4 is 10.2 Å². The maximum absolute atomic E-state index is 4.85. The third-order valence-electron chi connectivity index (χ3n) is 3.77. The molecule has 1 saturated carbocycles. The molecule has 0 unspecified atom stereocenters. The average Bonchev–Trinajstić information content (AvgIpc) is 3.26. The van der Waals surface area contributed by atoms with Gasteiger partial charge in [0.25, 0.3) is 0 Å². The van der Waals surface area contributed by atoms with Crippen LogP contribution in [0.1, 0.15) is 51.3 Å². The highest BCUT2D eigenvalue weighted by atomic mass is 15.2. The van der Waals surface area contributed by atoms with Crippen LogP contribution in [0.15, 0.2) is 24.3 Å². The molecule has 3 nitrogen and oxygen atoms in total. The molecule has 1 heterocycles. The summed E-state index contributed by atoms with van der Waals surface area (Å²) in [4.78, 5) is 7.15. The highest BCUT2D eigenvalue weighted by molar-refractivity contribution is 5.44. The van der Waals surface area contributed by atoms with Gasteiger partial charge in [-0.2, -0.15) is 0 Å². The molecule has 1 aromatic heterocycles. The highest BCUT2D eigenvalue weighted by Crippen LogP contribution is 2.21. The Balaban J connectivity index is 2.17. The lowest BCUT2D eigenvalue weighted by atomic mass is 10.1. The smallest absolute Gasteiger partial charge is 0.129 e. The molecule has 1 aromatic rings. The molecule has 0 aromatic carbocycles. The maximum Gasteiger partial charge on any atom is 0.129 e. The Labute approximate surface area is 129 Å². The molecule has 0 spiro atoms. The molecule has 0 aliphatic heterocycles. The van der Waals surface area contributed by atoms with Gasteiger partial charge in [0.05, 0.1) is 0 Å². The van der Waals surface area contributed by atoms with Crippen molar-refractivity contribution in [1.82, 2.24) is 10.3 Å². The van der Waals surface area contributed by atoms with Crippen molar-refractivity contribution < 1.29 is 0 Å². The molecule has 0 saturated heterocycles. The zero-order chi connectivity index (χ0) is 15.2. The number of anilines is 1. The van der Waals surface area contributed by atoms with Crippen molar-refractivity contribution in [3.8, 4) is 0 Å². The Morgan fingerprint density at radius 1 is 1.38 bits per heavy atom. The fraction of sp³-hybridized carbons (Fsp3) is 0.611. The van der Waals surface area contributed by atoms with Gasteiger partial charge in [0, 0.05) is 31.4 Å². The number of aryl methyl sites for hydroxylation is 1. The summed E-state index contributed by atoms with van der Waals surface area (Å²) in [6.45, 7) is 13.3. The maximum atomic E-state index is 4.85. The van der Waals surface area contributed by atoms with Crippen LogP contribution in [-0.4, -0.2) is 24.1 Å². The van der Waals surface area contributed by atoms with Crippen molar-refractivity contribution in [2.75, 3.05) is 18.0 Å². The molecule has 2 rings (SSSR count). The number of nitrogens with zero attached hydrogens (tertiary/aromatic N) is 2. The minimum Gasteiger partial charge on any atom is -0.353 e. The Morgan fingerprint density at radius 3 is 2.71 bits per heavy atom. The van der Waals surface area contributed by atoms with Crippen LogP contribution in [0.2, 0.25) is 0 Å². The standard InChI is InChI=1S/C18H29N3/c1-5-7-17-10-15(12-19-16-8-9-16)11-18(20-17)21(6-2)13-14(3)4/h10-11,16,19H,3,5-9,12-13H2,1-2,4H3. The Morgan fingerprint density at radius 2 is 2.14 bits per heavy atom. The lowest BCUT2D eigenvalue weighted by Crippen LogP contribution is -2.26. The van der Waals surface area contributed by atoms with Gasteiger partial charge in [0.15, 0.2) is 0 Å². The van der Waals surface area contributed by atoms with Gasteiger partial charge < -0.3 is 10.2 Å². The Hall–Kier alpha value is -1.35. The van der Waals surface area contributed by atoms with E-state index in [1.54, 1.807) is 0 Å². The van der Waals surface area contributed by atoms with E-state index in [0.717, 1.165) is 44.3 Å². The second-order valence-corrected chi connectivity index (χ2v) is 6.20. The van der Waals surface area contributed by atoms with Gasteiger partial charge in [-0.25, -0.2) is 4.98 Å². The summed E-state index contributed by atoms with van der Waals surface area (Å²) in [7, 11) is 0. The van der Waals surface area contributed by atoms with E-state index in [9.17, 15) is 0 Å². The molecular weight excluding hydrogens is 258 g/mol. The predicted octanol–water partition coefficient (Wildman–Crippen LogP) is 3.69. The number of rotatable bonds is 9. The van der Waals surface area contributed by atoms with E-state index in [2.05, 4.69) is 49.7 Å². The van der Waals surface area contributed by atoms with Crippen molar-refractivity contribution in [3.63, 3.8) is 0 Å². The van der Waals surface area contributed by atoms with Gasteiger partial charge in [-0.1, -0.05) is 25.5 Å². The summed E-state index contributed by atoms with van der Waals surface area (Å²) < 4.78 is 0. The highest BCUT2D eigenvalue weighted by Gasteiger charge is 2.20. The van der Waals surface area contributed by atoms with Gasteiger partial charge >= 0.3 is 0 Å². The summed E-state index contributed by atoms with van der Waals surface area (Å²) >= 11 is 0. The fourth-order valence-electron chi connectivity index (χ4n) is 2.51. The van der Waals surface area contributed by atoms with Crippen molar-refractivity contribution in [1.29, 1.82) is 0 Å². The number of hydrogen-bond donors (Lipinski definition) is 1. The van der Waals surface area contributed by atoms with Crippen LogP contribution in [0.4, 0.5) is 5.82 Å². The zero-order valence-corrected chi connectivity index (χ0v) is 13.8. The first-order chi connectivity index (χ1) is 10.1. The van der Waals surface area contributed by atoms with E-state index in [-0.39, 0.29) is 0 Å². The van der Waals surface area contributed by atoms with Crippen LogP contribution in [0.5, 0.6) is 0 Å². The molecule has 1 aliphatic carbocycles. The normalized spacial score (nSPS) is 14.2. The van der Waals surface area contributed by atoms with E-state index in [0.29, 0.717) is 0 Å². The molecule has 116 valence electrons. The second-order valence-electron chi connectivity index (χ2n) is 6.20. The fourth-order valence-corrected chi connectivity index (χ4v) is 2.51. The van der Waals surface area contributed by atoms with Gasteiger partial charge in [0.1, 0.15) is 5.82 Å². The first kappa shape index (κ1) is 16.0.